The lowest BCUT2D eigenvalue weighted by atomic mass is 10.1. The van der Waals surface area contributed by atoms with Gasteiger partial charge in [-0.05, 0) is 47.5 Å². The summed E-state index contributed by atoms with van der Waals surface area (Å²) in [7, 11) is 3.51. The third-order valence-corrected chi connectivity index (χ3v) is 3.54. The SMILES string of the molecule is CC(C)NC(=NCC(=O)N(C)C)N1CCC(OC(C)(C)C)CC1. The van der Waals surface area contributed by atoms with E-state index in [1.807, 2.05) is 0 Å². The van der Waals surface area contributed by atoms with Crippen LogP contribution in [0.2, 0.25) is 0 Å². The molecule has 0 aromatic carbocycles. The van der Waals surface area contributed by atoms with Gasteiger partial charge in [0.25, 0.3) is 0 Å². The average Bonchev–Trinajstić information content (AvgIpc) is 2.41. The van der Waals surface area contributed by atoms with Crippen LogP contribution < -0.4 is 5.32 Å². The molecule has 1 rings (SSSR count). The van der Waals surface area contributed by atoms with Crippen molar-refractivity contribution in [2.24, 2.45) is 4.99 Å². The van der Waals surface area contributed by atoms with E-state index in [-0.39, 0.29) is 24.1 Å². The van der Waals surface area contributed by atoms with Crippen molar-refractivity contribution in [1.82, 2.24) is 15.1 Å². The number of ether oxygens (including phenoxy) is 1. The average molecular weight is 326 g/mol. The van der Waals surface area contributed by atoms with Gasteiger partial charge in [-0.1, -0.05) is 0 Å². The van der Waals surface area contributed by atoms with Crippen LogP contribution in [-0.4, -0.2) is 73.1 Å². The minimum Gasteiger partial charge on any atom is -0.372 e. The summed E-state index contributed by atoms with van der Waals surface area (Å²) < 4.78 is 6.07. The van der Waals surface area contributed by atoms with E-state index in [4.69, 9.17) is 4.74 Å². The first kappa shape index (κ1) is 19.7. The Labute approximate surface area is 141 Å². The van der Waals surface area contributed by atoms with Crippen LogP contribution in [0.5, 0.6) is 0 Å². The number of rotatable bonds is 4. The Balaban J connectivity index is 2.63. The Morgan fingerprint density at radius 1 is 1.30 bits per heavy atom. The van der Waals surface area contributed by atoms with Crippen LogP contribution in [0.25, 0.3) is 0 Å². The fourth-order valence-corrected chi connectivity index (χ4v) is 2.46. The molecular weight excluding hydrogens is 292 g/mol. The van der Waals surface area contributed by atoms with E-state index in [9.17, 15) is 4.79 Å². The van der Waals surface area contributed by atoms with Crippen molar-refractivity contribution in [3.8, 4) is 0 Å². The summed E-state index contributed by atoms with van der Waals surface area (Å²) >= 11 is 0. The van der Waals surface area contributed by atoms with E-state index >= 15 is 0 Å². The van der Waals surface area contributed by atoms with Gasteiger partial charge in [-0.15, -0.1) is 0 Å². The largest absolute Gasteiger partial charge is 0.372 e. The molecular formula is C17H34N4O2. The number of likely N-dealkylation sites (N-methyl/N-ethyl adjacent to an activating group) is 1. The van der Waals surface area contributed by atoms with Crippen LogP contribution in [-0.2, 0) is 9.53 Å². The summed E-state index contributed by atoms with van der Waals surface area (Å²) in [5.74, 6) is 0.836. The number of aliphatic imine (C=N–C) groups is 1. The Bertz CT molecular complexity index is 405. The number of guanidine groups is 1. The van der Waals surface area contributed by atoms with Gasteiger partial charge in [-0.3, -0.25) is 4.79 Å². The molecule has 6 nitrogen and oxygen atoms in total. The quantitative estimate of drug-likeness (QED) is 0.631. The van der Waals surface area contributed by atoms with Gasteiger partial charge < -0.3 is 19.9 Å². The molecule has 0 aromatic rings. The number of carbonyl (C=O) groups is 1. The molecule has 0 atom stereocenters. The fraction of sp³-hybridized carbons (Fsp3) is 0.882. The molecule has 0 aliphatic carbocycles. The molecule has 1 N–H and O–H groups in total. The van der Waals surface area contributed by atoms with Gasteiger partial charge in [0.15, 0.2) is 5.96 Å². The maximum absolute atomic E-state index is 11.8. The van der Waals surface area contributed by atoms with Crippen molar-refractivity contribution in [1.29, 1.82) is 0 Å². The second kappa shape index (κ2) is 8.52. The van der Waals surface area contributed by atoms with Crippen molar-refractivity contribution in [3.05, 3.63) is 0 Å². The molecule has 0 aromatic heterocycles. The predicted octanol–water partition coefficient (Wildman–Crippen LogP) is 1.71. The Morgan fingerprint density at radius 2 is 1.87 bits per heavy atom. The zero-order chi connectivity index (χ0) is 17.6. The molecule has 0 saturated carbocycles. The third-order valence-electron chi connectivity index (χ3n) is 3.54. The number of nitrogens with one attached hydrogen (secondary N) is 1. The lowest BCUT2D eigenvalue weighted by molar-refractivity contribution is -0.127. The highest BCUT2D eigenvalue weighted by Gasteiger charge is 2.26. The van der Waals surface area contributed by atoms with Crippen molar-refractivity contribution < 1.29 is 9.53 Å². The predicted molar refractivity (Wildman–Crippen MR) is 94.7 cm³/mol. The molecule has 1 aliphatic heterocycles. The maximum Gasteiger partial charge on any atom is 0.243 e. The van der Waals surface area contributed by atoms with E-state index in [2.05, 4.69) is 49.8 Å². The van der Waals surface area contributed by atoms with Crippen LogP contribution in [0.3, 0.4) is 0 Å². The van der Waals surface area contributed by atoms with Gasteiger partial charge in [0.2, 0.25) is 5.91 Å². The zero-order valence-electron chi connectivity index (χ0n) is 15.8. The summed E-state index contributed by atoms with van der Waals surface area (Å²) in [4.78, 5) is 20.1. The molecule has 0 unspecified atom stereocenters. The van der Waals surface area contributed by atoms with Crippen LogP contribution in [0.1, 0.15) is 47.5 Å². The molecule has 6 heteroatoms. The maximum atomic E-state index is 11.8. The zero-order valence-corrected chi connectivity index (χ0v) is 15.8. The van der Waals surface area contributed by atoms with Gasteiger partial charge in [0.05, 0.1) is 11.7 Å². The molecule has 1 fully saturated rings. The molecule has 1 aliphatic rings. The molecule has 0 bridgehead atoms. The lowest BCUT2D eigenvalue weighted by Crippen LogP contribution is -2.49. The minimum atomic E-state index is -0.0991. The van der Waals surface area contributed by atoms with Gasteiger partial charge in [0.1, 0.15) is 6.54 Å². The van der Waals surface area contributed by atoms with Crippen molar-refractivity contribution >= 4 is 11.9 Å². The fourth-order valence-electron chi connectivity index (χ4n) is 2.46. The summed E-state index contributed by atoms with van der Waals surface area (Å²) in [5.41, 5.74) is -0.0991. The number of amides is 1. The van der Waals surface area contributed by atoms with Crippen molar-refractivity contribution in [3.63, 3.8) is 0 Å². The van der Waals surface area contributed by atoms with E-state index in [0.717, 1.165) is 31.9 Å². The van der Waals surface area contributed by atoms with Gasteiger partial charge in [-0.2, -0.15) is 0 Å². The van der Waals surface area contributed by atoms with E-state index in [1.165, 1.54) is 0 Å². The van der Waals surface area contributed by atoms with E-state index < -0.39 is 0 Å². The Kier molecular flexibility index (Phi) is 7.32. The standard InChI is InChI=1S/C17H34N4O2/c1-13(2)19-16(18-12-15(22)20(6)7)21-10-8-14(9-11-21)23-17(3,4)5/h13-14H,8-12H2,1-7H3,(H,18,19). The van der Waals surface area contributed by atoms with E-state index in [1.54, 1.807) is 19.0 Å². The van der Waals surface area contributed by atoms with Crippen molar-refractivity contribution in [2.45, 2.75) is 65.2 Å². The Hall–Kier alpha value is -1.30. The van der Waals surface area contributed by atoms with Gasteiger partial charge >= 0.3 is 0 Å². The number of likely N-dealkylation sites (tertiary alicyclic amines) is 1. The summed E-state index contributed by atoms with van der Waals surface area (Å²) in [6.07, 6.45) is 2.27. The first-order valence-corrected chi connectivity index (χ1v) is 8.52. The molecule has 0 spiro atoms. The number of hydrogen-bond acceptors (Lipinski definition) is 3. The summed E-state index contributed by atoms with van der Waals surface area (Å²) in [6.45, 7) is 12.4. The topological polar surface area (TPSA) is 57.2 Å². The molecule has 0 radical (unpaired) electrons. The summed E-state index contributed by atoms with van der Waals surface area (Å²) in [6, 6.07) is 0.284. The van der Waals surface area contributed by atoms with Crippen LogP contribution in [0.4, 0.5) is 0 Å². The number of piperidine rings is 1. The number of hydrogen-bond donors (Lipinski definition) is 1. The summed E-state index contributed by atoms with van der Waals surface area (Å²) in [5, 5.41) is 3.37. The number of nitrogens with zero attached hydrogens (tertiary/aromatic N) is 3. The van der Waals surface area contributed by atoms with Crippen LogP contribution in [0.15, 0.2) is 4.99 Å². The lowest BCUT2D eigenvalue weighted by Gasteiger charge is -2.37. The monoisotopic (exact) mass is 326 g/mol. The first-order chi connectivity index (χ1) is 10.6. The van der Waals surface area contributed by atoms with Crippen molar-refractivity contribution in [2.75, 3.05) is 33.7 Å². The first-order valence-electron chi connectivity index (χ1n) is 8.52. The second-order valence-electron chi connectivity index (χ2n) is 7.64. The highest BCUT2D eigenvalue weighted by atomic mass is 16.5. The highest BCUT2D eigenvalue weighted by Crippen LogP contribution is 2.20. The highest BCUT2D eigenvalue weighted by molar-refractivity contribution is 5.85. The van der Waals surface area contributed by atoms with E-state index in [0.29, 0.717) is 6.10 Å². The van der Waals surface area contributed by atoms with Gasteiger partial charge in [0, 0.05) is 33.2 Å². The molecule has 1 amide bonds. The van der Waals surface area contributed by atoms with Gasteiger partial charge in [-0.25, -0.2) is 4.99 Å². The van der Waals surface area contributed by atoms with Crippen LogP contribution >= 0.6 is 0 Å². The number of carbonyl (C=O) groups excluding carboxylic acids is 1. The smallest absolute Gasteiger partial charge is 0.243 e. The molecule has 1 heterocycles. The second-order valence-corrected chi connectivity index (χ2v) is 7.64. The third kappa shape index (κ3) is 7.68. The molecule has 134 valence electrons. The Morgan fingerprint density at radius 3 is 2.30 bits per heavy atom. The minimum absolute atomic E-state index is 0.0130. The van der Waals surface area contributed by atoms with Crippen LogP contribution in [0, 0.1) is 0 Å². The molecule has 1 saturated heterocycles. The molecule has 23 heavy (non-hydrogen) atoms. The normalized spacial score (nSPS) is 17.6.